The van der Waals surface area contributed by atoms with E-state index in [1.807, 2.05) is 6.07 Å². The summed E-state index contributed by atoms with van der Waals surface area (Å²) >= 11 is -0.472. The summed E-state index contributed by atoms with van der Waals surface area (Å²) in [5, 5.41) is 8.09. The van der Waals surface area contributed by atoms with Gasteiger partial charge in [-0.3, -0.25) is 0 Å². The number of rotatable bonds is 5. The average molecular weight is 393 g/mol. The standard InChI is InChI=1S/C7H13NO.2ClH.Pt/c1-2-3-6-9-7-4-5-8;;;/h2-4,6-7H2,1H3;2*1H;/q;;;+2/p-2. The van der Waals surface area contributed by atoms with Gasteiger partial charge in [0.25, 0.3) is 0 Å². The number of ether oxygens (including phenoxy) is 1. The molecule has 0 aliphatic heterocycles. The van der Waals surface area contributed by atoms with E-state index in [2.05, 4.69) is 6.92 Å². The van der Waals surface area contributed by atoms with Crippen molar-refractivity contribution in [2.24, 2.45) is 0 Å². The Balaban J connectivity index is 0. The van der Waals surface area contributed by atoms with Crippen LogP contribution in [0, 0.1) is 11.3 Å². The van der Waals surface area contributed by atoms with Gasteiger partial charge in [0.1, 0.15) is 0 Å². The molecule has 0 radical (unpaired) electrons. The van der Waals surface area contributed by atoms with Gasteiger partial charge in [-0.2, -0.15) is 5.26 Å². The van der Waals surface area contributed by atoms with Crippen molar-refractivity contribution in [1.82, 2.24) is 0 Å². The van der Waals surface area contributed by atoms with Crippen molar-refractivity contribution in [3.8, 4) is 6.07 Å². The molecule has 12 heavy (non-hydrogen) atoms. The molecule has 0 unspecified atom stereocenters. The molecule has 0 N–H and O–H groups in total. The van der Waals surface area contributed by atoms with Gasteiger partial charge in [0.05, 0.1) is 19.1 Å². The summed E-state index contributed by atoms with van der Waals surface area (Å²) in [5.41, 5.74) is 0. The van der Waals surface area contributed by atoms with Gasteiger partial charge in [0, 0.05) is 6.61 Å². The van der Waals surface area contributed by atoms with Gasteiger partial charge in [0.15, 0.2) is 0 Å². The molecular weight excluding hydrogens is 380 g/mol. The molecule has 0 spiro atoms. The van der Waals surface area contributed by atoms with Gasteiger partial charge in [-0.15, -0.1) is 0 Å². The van der Waals surface area contributed by atoms with Crippen molar-refractivity contribution >= 4 is 18.8 Å². The van der Waals surface area contributed by atoms with Crippen LogP contribution in [0.3, 0.4) is 0 Å². The molecule has 0 amide bonds. The Kier molecular flexibility index (Phi) is 22.4. The molecule has 0 aliphatic rings. The normalized spacial score (nSPS) is 8.50. The van der Waals surface area contributed by atoms with E-state index in [4.69, 9.17) is 28.8 Å². The van der Waals surface area contributed by atoms with Crippen molar-refractivity contribution in [2.45, 2.75) is 26.2 Å². The monoisotopic (exact) mass is 392 g/mol. The Morgan fingerprint density at radius 1 is 1.42 bits per heavy atom. The first kappa shape index (κ1) is 15.2. The molecule has 76 valence electrons. The van der Waals surface area contributed by atoms with Crippen molar-refractivity contribution in [3.05, 3.63) is 0 Å². The Morgan fingerprint density at radius 2 is 2.00 bits per heavy atom. The molecule has 0 saturated heterocycles. The average Bonchev–Trinajstić information content (AvgIpc) is 2.06. The maximum absolute atomic E-state index is 8.09. The Labute approximate surface area is 90.6 Å². The molecule has 0 aromatic carbocycles. The van der Waals surface area contributed by atoms with Crippen LogP contribution < -0.4 is 0 Å². The molecular formula is C7H13Cl2NOPt. The number of hydrogen-bond acceptors (Lipinski definition) is 2. The SMILES string of the molecule is CCCCOCCC#N.[Cl][Pt][Cl]. The van der Waals surface area contributed by atoms with Crippen LogP contribution in [0.2, 0.25) is 0 Å². The van der Waals surface area contributed by atoms with Gasteiger partial charge >= 0.3 is 35.3 Å². The summed E-state index contributed by atoms with van der Waals surface area (Å²) in [4.78, 5) is 0. The fourth-order valence-corrected chi connectivity index (χ4v) is 0.466. The second-order valence-corrected chi connectivity index (χ2v) is 5.20. The number of halogens is 2. The van der Waals surface area contributed by atoms with Crippen LogP contribution in [0.15, 0.2) is 0 Å². The van der Waals surface area contributed by atoms with E-state index in [0.29, 0.717) is 13.0 Å². The van der Waals surface area contributed by atoms with E-state index in [1.54, 1.807) is 0 Å². The van der Waals surface area contributed by atoms with E-state index in [-0.39, 0.29) is 0 Å². The number of hydrogen-bond donors (Lipinski definition) is 0. The quantitative estimate of drug-likeness (QED) is 0.673. The third kappa shape index (κ3) is 22.4. The Bertz CT molecular complexity index is 108. The maximum atomic E-state index is 8.09. The summed E-state index contributed by atoms with van der Waals surface area (Å²) in [7, 11) is 9.75. The van der Waals surface area contributed by atoms with Gasteiger partial charge in [-0.1, -0.05) is 13.3 Å². The van der Waals surface area contributed by atoms with Crippen LogP contribution >= 0.6 is 18.8 Å². The van der Waals surface area contributed by atoms with Crippen LogP contribution in [-0.2, 0) is 21.2 Å². The third-order valence-corrected chi connectivity index (χ3v) is 1.00. The van der Waals surface area contributed by atoms with Crippen LogP contribution in [0.25, 0.3) is 0 Å². The molecule has 0 bridgehead atoms. The Morgan fingerprint density at radius 3 is 2.42 bits per heavy atom. The third-order valence-electron chi connectivity index (χ3n) is 1.00. The molecule has 0 saturated carbocycles. The van der Waals surface area contributed by atoms with Crippen LogP contribution in [0.4, 0.5) is 0 Å². The van der Waals surface area contributed by atoms with Crippen molar-refractivity contribution in [1.29, 1.82) is 5.26 Å². The fraction of sp³-hybridized carbons (Fsp3) is 0.857. The van der Waals surface area contributed by atoms with Gasteiger partial charge in [-0.05, 0) is 6.42 Å². The number of unbranched alkanes of at least 4 members (excludes halogenated alkanes) is 1. The van der Waals surface area contributed by atoms with E-state index in [9.17, 15) is 0 Å². The molecule has 0 atom stereocenters. The minimum absolute atomic E-state index is 0.472. The zero-order chi connectivity index (χ0) is 9.66. The van der Waals surface area contributed by atoms with Crippen molar-refractivity contribution in [2.75, 3.05) is 13.2 Å². The molecule has 0 aromatic rings. The molecule has 0 rings (SSSR count). The van der Waals surface area contributed by atoms with Crippen molar-refractivity contribution in [3.63, 3.8) is 0 Å². The minimum atomic E-state index is -0.472. The van der Waals surface area contributed by atoms with Crippen LogP contribution in [0.1, 0.15) is 26.2 Å². The predicted octanol–water partition coefficient (Wildman–Crippen LogP) is 3.09. The van der Waals surface area contributed by atoms with Crippen molar-refractivity contribution < 1.29 is 21.2 Å². The first-order valence-electron chi connectivity index (χ1n) is 3.60. The summed E-state index contributed by atoms with van der Waals surface area (Å²) in [6, 6.07) is 2.02. The number of nitriles is 1. The molecule has 0 aromatic heterocycles. The van der Waals surface area contributed by atoms with E-state index >= 15 is 0 Å². The van der Waals surface area contributed by atoms with Gasteiger partial charge in [-0.25, -0.2) is 0 Å². The molecule has 2 nitrogen and oxygen atoms in total. The topological polar surface area (TPSA) is 33.0 Å². The Hall–Kier alpha value is 0.718. The summed E-state index contributed by atoms with van der Waals surface area (Å²) in [5.74, 6) is 0. The predicted molar refractivity (Wildman–Crippen MR) is 47.7 cm³/mol. The van der Waals surface area contributed by atoms with E-state index in [0.717, 1.165) is 19.4 Å². The second-order valence-electron chi connectivity index (χ2n) is 1.92. The summed E-state index contributed by atoms with van der Waals surface area (Å²) in [6.45, 7) is 3.52. The van der Waals surface area contributed by atoms with Crippen LogP contribution in [0.5, 0.6) is 0 Å². The van der Waals surface area contributed by atoms with E-state index in [1.165, 1.54) is 0 Å². The molecule has 0 fully saturated rings. The van der Waals surface area contributed by atoms with E-state index < -0.39 is 16.5 Å². The van der Waals surface area contributed by atoms with Gasteiger partial charge in [0.2, 0.25) is 0 Å². The second kappa shape index (κ2) is 17.7. The first-order valence-corrected chi connectivity index (χ1v) is 9.23. The zero-order valence-corrected chi connectivity index (χ0v) is 10.7. The number of nitrogens with zero attached hydrogens (tertiary/aromatic N) is 1. The summed E-state index contributed by atoms with van der Waals surface area (Å²) in [6.07, 6.45) is 2.78. The fourth-order valence-electron chi connectivity index (χ4n) is 0.466. The zero-order valence-electron chi connectivity index (χ0n) is 6.96. The van der Waals surface area contributed by atoms with Crippen LogP contribution in [-0.4, -0.2) is 13.2 Å². The molecule has 0 heterocycles. The van der Waals surface area contributed by atoms with Gasteiger partial charge < -0.3 is 4.74 Å². The first-order chi connectivity index (χ1) is 5.83. The molecule has 0 aliphatic carbocycles. The summed E-state index contributed by atoms with van der Waals surface area (Å²) < 4.78 is 5.09. The molecule has 5 heteroatoms.